The summed E-state index contributed by atoms with van der Waals surface area (Å²) in [6, 6.07) is 10.8. The highest BCUT2D eigenvalue weighted by atomic mass is 32.2. The quantitative estimate of drug-likeness (QED) is 0.695. The molecule has 23 heavy (non-hydrogen) atoms. The molecule has 0 saturated heterocycles. The molecule has 0 spiro atoms. The van der Waals surface area contributed by atoms with Crippen molar-refractivity contribution in [1.82, 2.24) is 4.31 Å². The Hall–Kier alpha value is -1.63. The zero-order valence-electron chi connectivity index (χ0n) is 13.8. The first kappa shape index (κ1) is 17.7. The lowest BCUT2D eigenvalue weighted by Crippen LogP contribution is -2.28. The summed E-state index contributed by atoms with van der Waals surface area (Å²) in [7, 11) is -0.356. The largest absolute Gasteiger partial charge is 0.493 e. The summed E-state index contributed by atoms with van der Waals surface area (Å²) in [6.45, 7) is 3.39. The Kier molecular flexibility index (Phi) is 5.98. The molecule has 0 heterocycles. The average molecular weight is 337 g/mol. The molecule has 2 aromatic rings. The molecule has 0 N–H and O–H groups in total. The lowest BCUT2D eigenvalue weighted by Gasteiger charge is -2.19. The van der Waals surface area contributed by atoms with Crippen LogP contribution in [-0.4, -0.2) is 46.6 Å². The molecule has 0 aliphatic heterocycles. The minimum absolute atomic E-state index is 0.302. The summed E-state index contributed by atoms with van der Waals surface area (Å²) in [6.07, 6.45) is 0.654. The van der Waals surface area contributed by atoms with Crippen LogP contribution < -0.4 is 4.74 Å². The predicted molar refractivity (Wildman–Crippen MR) is 91.4 cm³/mol. The molecule has 0 radical (unpaired) electrons. The van der Waals surface area contributed by atoms with E-state index in [9.17, 15) is 8.42 Å². The van der Waals surface area contributed by atoms with Gasteiger partial charge in [-0.2, -0.15) is 0 Å². The van der Waals surface area contributed by atoms with E-state index in [-0.39, 0.29) is 0 Å². The zero-order valence-corrected chi connectivity index (χ0v) is 14.6. The fourth-order valence-electron chi connectivity index (χ4n) is 2.47. The minimum atomic E-state index is -3.56. The molecule has 0 atom stereocenters. The van der Waals surface area contributed by atoms with Crippen LogP contribution in [0.4, 0.5) is 0 Å². The Morgan fingerprint density at radius 3 is 2.43 bits per heavy atom. The van der Waals surface area contributed by atoms with Crippen molar-refractivity contribution < 1.29 is 17.9 Å². The number of hydrogen-bond acceptors (Lipinski definition) is 4. The van der Waals surface area contributed by atoms with Gasteiger partial charge in [-0.05, 0) is 25.5 Å². The van der Waals surface area contributed by atoms with Gasteiger partial charge in [0.2, 0.25) is 10.0 Å². The van der Waals surface area contributed by atoms with Crippen molar-refractivity contribution >= 4 is 20.8 Å². The van der Waals surface area contributed by atoms with Crippen molar-refractivity contribution in [2.45, 2.75) is 18.2 Å². The predicted octanol–water partition coefficient (Wildman–Crippen LogP) is 2.90. The van der Waals surface area contributed by atoms with Gasteiger partial charge in [0.05, 0.1) is 11.5 Å². The molecule has 0 fully saturated rings. The number of benzene rings is 2. The summed E-state index contributed by atoms with van der Waals surface area (Å²) in [5.74, 6) is 0.698. The van der Waals surface area contributed by atoms with Gasteiger partial charge in [0, 0.05) is 38.1 Å². The fourth-order valence-corrected chi connectivity index (χ4v) is 3.87. The van der Waals surface area contributed by atoms with Crippen molar-refractivity contribution in [2.24, 2.45) is 0 Å². The molecule has 0 aromatic heterocycles. The SMILES string of the molecule is CCOc1ccc(S(=O)(=O)N(C)CCCOC)c2ccccc12. The number of nitrogens with zero attached hydrogens (tertiary/aromatic N) is 1. The van der Waals surface area contributed by atoms with Gasteiger partial charge in [0.25, 0.3) is 0 Å². The smallest absolute Gasteiger partial charge is 0.243 e. The van der Waals surface area contributed by atoms with Gasteiger partial charge >= 0.3 is 0 Å². The van der Waals surface area contributed by atoms with Crippen molar-refractivity contribution in [1.29, 1.82) is 0 Å². The van der Waals surface area contributed by atoms with Gasteiger partial charge in [-0.3, -0.25) is 0 Å². The summed E-state index contributed by atoms with van der Waals surface area (Å²) >= 11 is 0. The van der Waals surface area contributed by atoms with E-state index >= 15 is 0 Å². The molecule has 0 saturated carbocycles. The summed E-state index contributed by atoms with van der Waals surface area (Å²) in [4.78, 5) is 0.302. The molecule has 2 rings (SSSR count). The van der Waals surface area contributed by atoms with Crippen LogP contribution >= 0.6 is 0 Å². The van der Waals surface area contributed by atoms with E-state index in [0.717, 1.165) is 5.39 Å². The zero-order chi connectivity index (χ0) is 16.9. The van der Waals surface area contributed by atoms with Crippen LogP contribution in [0.2, 0.25) is 0 Å². The highest BCUT2D eigenvalue weighted by molar-refractivity contribution is 7.89. The van der Waals surface area contributed by atoms with Gasteiger partial charge < -0.3 is 9.47 Å². The molecular formula is C17H23NO4S. The molecule has 0 unspecified atom stereocenters. The van der Waals surface area contributed by atoms with Gasteiger partial charge in [-0.1, -0.05) is 24.3 Å². The van der Waals surface area contributed by atoms with E-state index in [1.54, 1.807) is 26.3 Å². The molecule has 126 valence electrons. The topological polar surface area (TPSA) is 55.8 Å². The Morgan fingerprint density at radius 2 is 1.78 bits per heavy atom. The highest BCUT2D eigenvalue weighted by Gasteiger charge is 2.23. The number of sulfonamides is 1. The van der Waals surface area contributed by atoms with Crippen molar-refractivity contribution in [3.8, 4) is 5.75 Å². The Labute approximate surface area is 137 Å². The molecule has 0 bridgehead atoms. The second-order valence-corrected chi connectivity index (χ2v) is 7.23. The van der Waals surface area contributed by atoms with Crippen LogP contribution in [0.1, 0.15) is 13.3 Å². The molecule has 5 nitrogen and oxygen atoms in total. The third-order valence-electron chi connectivity index (χ3n) is 3.65. The molecule has 6 heteroatoms. The van der Waals surface area contributed by atoms with Gasteiger partial charge in [-0.15, -0.1) is 0 Å². The second kappa shape index (κ2) is 7.77. The van der Waals surface area contributed by atoms with Crippen LogP contribution in [0.25, 0.3) is 10.8 Å². The third kappa shape index (κ3) is 3.83. The first-order valence-electron chi connectivity index (χ1n) is 7.62. The number of methoxy groups -OCH3 is 1. The van der Waals surface area contributed by atoms with Crippen molar-refractivity contribution in [3.05, 3.63) is 36.4 Å². The van der Waals surface area contributed by atoms with Crippen LogP contribution in [0.3, 0.4) is 0 Å². The summed E-state index contributed by atoms with van der Waals surface area (Å²) in [5, 5.41) is 1.48. The third-order valence-corrected chi connectivity index (χ3v) is 5.57. The molecule has 0 aliphatic carbocycles. The van der Waals surface area contributed by atoms with E-state index in [4.69, 9.17) is 9.47 Å². The first-order chi connectivity index (χ1) is 11.0. The second-order valence-electron chi connectivity index (χ2n) is 5.21. The fraction of sp³-hybridized carbons (Fsp3) is 0.412. The number of rotatable bonds is 8. The first-order valence-corrected chi connectivity index (χ1v) is 9.06. The maximum atomic E-state index is 12.9. The Morgan fingerprint density at radius 1 is 1.09 bits per heavy atom. The lowest BCUT2D eigenvalue weighted by atomic mass is 10.1. The van der Waals surface area contributed by atoms with Crippen LogP contribution in [0.15, 0.2) is 41.3 Å². The standard InChI is InChI=1S/C17H23NO4S/c1-4-22-16-10-11-17(15-9-6-5-8-14(15)16)23(19,20)18(2)12-7-13-21-3/h5-6,8-11H,4,7,12-13H2,1-3H3. The van der Waals surface area contributed by atoms with Crippen LogP contribution in [-0.2, 0) is 14.8 Å². The number of hydrogen-bond donors (Lipinski definition) is 0. The Bertz CT molecular complexity index is 758. The normalized spacial score (nSPS) is 12.0. The van der Waals surface area contributed by atoms with E-state index in [1.807, 2.05) is 31.2 Å². The Balaban J connectivity index is 2.45. The van der Waals surface area contributed by atoms with E-state index in [1.165, 1.54) is 4.31 Å². The van der Waals surface area contributed by atoms with Gasteiger partial charge in [0.15, 0.2) is 0 Å². The molecule has 0 amide bonds. The van der Waals surface area contributed by atoms with Crippen LogP contribution in [0, 0.1) is 0 Å². The maximum absolute atomic E-state index is 12.9. The number of ether oxygens (including phenoxy) is 2. The highest BCUT2D eigenvalue weighted by Crippen LogP contribution is 2.32. The molecule has 2 aromatic carbocycles. The van der Waals surface area contributed by atoms with Crippen molar-refractivity contribution in [3.63, 3.8) is 0 Å². The lowest BCUT2D eigenvalue weighted by molar-refractivity contribution is 0.189. The number of fused-ring (bicyclic) bond motifs is 1. The van der Waals surface area contributed by atoms with E-state index in [2.05, 4.69) is 0 Å². The van der Waals surface area contributed by atoms with Gasteiger partial charge in [0.1, 0.15) is 5.75 Å². The van der Waals surface area contributed by atoms with E-state index < -0.39 is 10.0 Å². The average Bonchev–Trinajstić information content (AvgIpc) is 2.55. The monoisotopic (exact) mass is 337 g/mol. The molecule has 0 aliphatic rings. The summed E-state index contributed by atoms with van der Waals surface area (Å²) < 4.78 is 37.7. The minimum Gasteiger partial charge on any atom is -0.493 e. The maximum Gasteiger partial charge on any atom is 0.243 e. The summed E-state index contributed by atoms with van der Waals surface area (Å²) in [5.41, 5.74) is 0. The van der Waals surface area contributed by atoms with Gasteiger partial charge in [-0.25, -0.2) is 12.7 Å². The molecular weight excluding hydrogens is 314 g/mol. The van der Waals surface area contributed by atoms with Crippen LogP contribution in [0.5, 0.6) is 5.75 Å². The van der Waals surface area contributed by atoms with Crippen molar-refractivity contribution in [2.75, 3.05) is 33.9 Å². The van der Waals surface area contributed by atoms with E-state index in [0.29, 0.717) is 42.2 Å².